The molecule has 0 saturated carbocycles. The lowest BCUT2D eigenvalue weighted by Crippen LogP contribution is -2.09. The van der Waals surface area contributed by atoms with Crippen molar-refractivity contribution in [1.29, 1.82) is 5.26 Å². The maximum absolute atomic E-state index is 13.4. The van der Waals surface area contributed by atoms with E-state index >= 15 is 0 Å². The SMILES string of the molecule is CN(c1ccc(C#N)cc1)c1cccc2c1sc1c(C(F)(F)F)cccc12. The lowest BCUT2D eigenvalue weighted by atomic mass is 10.1. The molecule has 0 bridgehead atoms. The molecule has 0 spiro atoms. The number of anilines is 2. The van der Waals surface area contributed by atoms with Gasteiger partial charge >= 0.3 is 6.18 Å². The van der Waals surface area contributed by atoms with E-state index in [2.05, 4.69) is 6.07 Å². The number of thiophene rings is 1. The number of benzene rings is 3. The van der Waals surface area contributed by atoms with Gasteiger partial charge in [-0.15, -0.1) is 11.3 Å². The zero-order chi connectivity index (χ0) is 19.2. The second kappa shape index (κ2) is 6.29. The summed E-state index contributed by atoms with van der Waals surface area (Å²) in [5, 5.41) is 10.4. The third kappa shape index (κ3) is 2.90. The fourth-order valence-corrected chi connectivity index (χ4v) is 4.57. The molecule has 1 heterocycles. The van der Waals surface area contributed by atoms with Gasteiger partial charge < -0.3 is 4.90 Å². The van der Waals surface area contributed by atoms with Crippen LogP contribution in [0, 0.1) is 11.3 Å². The molecule has 6 heteroatoms. The first-order valence-electron chi connectivity index (χ1n) is 8.15. The van der Waals surface area contributed by atoms with Crippen LogP contribution >= 0.6 is 11.3 Å². The third-order valence-corrected chi connectivity index (χ3v) is 5.83. The van der Waals surface area contributed by atoms with Crippen LogP contribution in [0.25, 0.3) is 20.2 Å². The summed E-state index contributed by atoms with van der Waals surface area (Å²) in [5.41, 5.74) is 1.64. The molecule has 2 nitrogen and oxygen atoms in total. The van der Waals surface area contributed by atoms with Gasteiger partial charge in [0.05, 0.1) is 27.6 Å². The van der Waals surface area contributed by atoms with Crippen LogP contribution < -0.4 is 4.90 Å². The van der Waals surface area contributed by atoms with E-state index in [1.54, 1.807) is 18.2 Å². The van der Waals surface area contributed by atoms with Gasteiger partial charge in [-0.2, -0.15) is 18.4 Å². The van der Waals surface area contributed by atoms with Crippen molar-refractivity contribution in [3.05, 3.63) is 71.8 Å². The molecular formula is C21H13F3N2S. The van der Waals surface area contributed by atoms with Crippen LogP contribution in [0.4, 0.5) is 24.5 Å². The van der Waals surface area contributed by atoms with E-state index in [-0.39, 0.29) is 4.70 Å². The normalized spacial score (nSPS) is 11.7. The number of hydrogen-bond acceptors (Lipinski definition) is 3. The highest BCUT2D eigenvalue weighted by atomic mass is 32.1. The van der Waals surface area contributed by atoms with Gasteiger partial charge in [-0.05, 0) is 36.4 Å². The Hall–Kier alpha value is -3.04. The first kappa shape index (κ1) is 17.4. The van der Waals surface area contributed by atoms with Crippen molar-refractivity contribution >= 4 is 42.9 Å². The van der Waals surface area contributed by atoms with Crippen LogP contribution in [-0.4, -0.2) is 7.05 Å². The Labute approximate surface area is 157 Å². The van der Waals surface area contributed by atoms with Gasteiger partial charge in [-0.25, -0.2) is 0 Å². The minimum Gasteiger partial charge on any atom is -0.343 e. The van der Waals surface area contributed by atoms with Gasteiger partial charge in [0, 0.05) is 28.2 Å². The predicted molar refractivity (Wildman–Crippen MR) is 104 cm³/mol. The molecule has 0 aliphatic carbocycles. The van der Waals surface area contributed by atoms with Gasteiger partial charge in [-0.3, -0.25) is 0 Å². The van der Waals surface area contributed by atoms with E-state index in [4.69, 9.17) is 5.26 Å². The Morgan fingerprint density at radius 1 is 0.889 bits per heavy atom. The lowest BCUT2D eigenvalue weighted by molar-refractivity contribution is -0.136. The minimum atomic E-state index is -4.39. The largest absolute Gasteiger partial charge is 0.417 e. The van der Waals surface area contributed by atoms with Crippen molar-refractivity contribution in [1.82, 2.24) is 0 Å². The topological polar surface area (TPSA) is 27.0 Å². The van der Waals surface area contributed by atoms with Crippen LogP contribution in [0.2, 0.25) is 0 Å². The van der Waals surface area contributed by atoms with Crippen LogP contribution in [0.15, 0.2) is 60.7 Å². The summed E-state index contributed by atoms with van der Waals surface area (Å²) in [5.74, 6) is 0. The highest BCUT2D eigenvalue weighted by Gasteiger charge is 2.33. The summed E-state index contributed by atoms with van der Waals surface area (Å²) >= 11 is 1.16. The molecule has 4 rings (SSSR count). The maximum atomic E-state index is 13.4. The van der Waals surface area contributed by atoms with E-state index in [1.165, 1.54) is 6.07 Å². The fourth-order valence-electron chi connectivity index (χ4n) is 3.19. The summed E-state index contributed by atoms with van der Waals surface area (Å²) < 4.78 is 41.3. The number of nitriles is 1. The standard InChI is InChI=1S/C21H13F3N2S/c1-26(14-10-8-13(12-25)9-11-14)18-7-3-5-16-15-4-2-6-17(21(22,23)24)19(15)27-20(16)18/h2-11H,1H3. The zero-order valence-electron chi connectivity index (χ0n) is 14.2. The summed E-state index contributed by atoms with van der Waals surface area (Å²) in [6, 6.07) is 19.1. The average Bonchev–Trinajstić information content (AvgIpc) is 3.05. The Bertz CT molecular complexity index is 1180. The molecule has 0 amide bonds. The summed E-state index contributed by atoms with van der Waals surface area (Å²) in [6.07, 6.45) is -4.39. The third-order valence-electron chi connectivity index (χ3n) is 4.55. The molecule has 0 unspecified atom stereocenters. The second-order valence-electron chi connectivity index (χ2n) is 6.15. The van der Waals surface area contributed by atoms with Crippen LogP contribution in [0.3, 0.4) is 0 Å². The van der Waals surface area contributed by atoms with Crippen molar-refractivity contribution in [3.8, 4) is 6.07 Å². The molecule has 27 heavy (non-hydrogen) atoms. The van der Waals surface area contributed by atoms with Crippen molar-refractivity contribution in [3.63, 3.8) is 0 Å². The maximum Gasteiger partial charge on any atom is 0.417 e. The number of nitrogens with zero attached hydrogens (tertiary/aromatic N) is 2. The summed E-state index contributed by atoms with van der Waals surface area (Å²) in [7, 11) is 1.87. The molecule has 134 valence electrons. The Morgan fingerprint density at radius 3 is 2.15 bits per heavy atom. The monoisotopic (exact) mass is 382 g/mol. The van der Waals surface area contributed by atoms with Gasteiger partial charge in [0.25, 0.3) is 0 Å². The molecule has 0 radical (unpaired) electrons. The van der Waals surface area contributed by atoms with Gasteiger partial charge in [0.1, 0.15) is 0 Å². The van der Waals surface area contributed by atoms with Crippen molar-refractivity contribution in [2.45, 2.75) is 6.18 Å². The second-order valence-corrected chi connectivity index (χ2v) is 7.17. The van der Waals surface area contributed by atoms with Gasteiger partial charge in [0.15, 0.2) is 0 Å². The summed E-state index contributed by atoms with van der Waals surface area (Å²) in [6.45, 7) is 0. The van der Waals surface area contributed by atoms with Gasteiger partial charge in [-0.1, -0.05) is 24.3 Å². The number of alkyl halides is 3. The molecule has 0 aliphatic heterocycles. The highest BCUT2D eigenvalue weighted by Crippen LogP contribution is 2.45. The van der Waals surface area contributed by atoms with Crippen molar-refractivity contribution in [2.24, 2.45) is 0 Å². The van der Waals surface area contributed by atoms with Crippen LogP contribution in [-0.2, 0) is 6.18 Å². The number of fused-ring (bicyclic) bond motifs is 3. The predicted octanol–water partition coefficient (Wildman–Crippen LogP) is 6.71. The Balaban J connectivity index is 1.93. The van der Waals surface area contributed by atoms with E-state index in [9.17, 15) is 13.2 Å². The van der Waals surface area contributed by atoms with Crippen LogP contribution in [0.5, 0.6) is 0 Å². The first-order valence-corrected chi connectivity index (χ1v) is 8.97. The number of hydrogen-bond donors (Lipinski definition) is 0. The van der Waals surface area contributed by atoms with Gasteiger partial charge in [0.2, 0.25) is 0 Å². The molecule has 4 aromatic rings. The molecule has 0 N–H and O–H groups in total. The smallest absolute Gasteiger partial charge is 0.343 e. The van der Waals surface area contributed by atoms with E-state index in [1.807, 2.05) is 42.3 Å². The molecule has 0 atom stereocenters. The lowest BCUT2D eigenvalue weighted by Gasteiger charge is -2.20. The van der Waals surface area contributed by atoms with Crippen molar-refractivity contribution in [2.75, 3.05) is 11.9 Å². The quantitative estimate of drug-likeness (QED) is 0.385. The molecule has 3 aromatic carbocycles. The zero-order valence-corrected chi connectivity index (χ0v) is 15.0. The molecule has 0 saturated heterocycles. The van der Waals surface area contributed by atoms with Crippen molar-refractivity contribution < 1.29 is 13.2 Å². The molecular weight excluding hydrogens is 369 g/mol. The average molecular weight is 382 g/mol. The Morgan fingerprint density at radius 2 is 1.52 bits per heavy atom. The minimum absolute atomic E-state index is 0.251. The van der Waals surface area contributed by atoms with E-state index in [0.717, 1.165) is 38.9 Å². The molecule has 0 fully saturated rings. The number of rotatable bonds is 2. The molecule has 0 aliphatic rings. The Kier molecular flexibility index (Phi) is 4.05. The van der Waals surface area contributed by atoms with Crippen LogP contribution in [0.1, 0.15) is 11.1 Å². The summed E-state index contributed by atoms with van der Waals surface area (Å²) in [4.78, 5) is 1.92. The first-order chi connectivity index (χ1) is 12.9. The molecule has 1 aromatic heterocycles. The van der Waals surface area contributed by atoms with E-state index < -0.39 is 11.7 Å². The van der Waals surface area contributed by atoms with E-state index in [0.29, 0.717) is 10.9 Å². The highest BCUT2D eigenvalue weighted by molar-refractivity contribution is 7.26. The number of halogens is 3. The fraction of sp³-hybridized carbons (Fsp3) is 0.0952.